The molecule has 0 aromatic rings. The molecule has 0 aromatic carbocycles. The van der Waals surface area contributed by atoms with Crippen molar-refractivity contribution in [3.63, 3.8) is 0 Å². The van der Waals surface area contributed by atoms with E-state index >= 15 is 0 Å². The highest BCUT2D eigenvalue weighted by molar-refractivity contribution is 5.79. The minimum Gasteiger partial charge on any atom is -0.353 e. The molecule has 0 aromatic heterocycles. The van der Waals surface area contributed by atoms with Crippen molar-refractivity contribution in [2.24, 2.45) is 5.92 Å². The van der Waals surface area contributed by atoms with Crippen molar-refractivity contribution in [2.45, 2.75) is 57.4 Å². The molecule has 0 unspecified atom stereocenters. The monoisotopic (exact) mass is 263 g/mol. The molecule has 19 heavy (non-hydrogen) atoms. The molecule has 1 saturated carbocycles. The van der Waals surface area contributed by atoms with Gasteiger partial charge in [0.2, 0.25) is 5.91 Å². The van der Waals surface area contributed by atoms with Gasteiger partial charge in [-0.3, -0.25) is 4.79 Å². The number of piperidine rings is 1. The van der Waals surface area contributed by atoms with Crippen LogP contribution < -0.4 is 5.32 Å². The van der Waals surface area contributed by atoms with Crippen molar-refractivity contribution in [3.8, 4) is 6.07 Å². The lowest BCUT2D eigenvalue weighted by molar-refractivity contribution is -0.127. The summed E-state index contributed by atoms with van der Waals surface area (Å²) in [5.41, 5.74) is 0. The molecule has 4 nitrogen and oxygen atoms in total. The molecule has 2 aliphatic rings. The number of nitriles is 1. The number of nitrogens with zero attached hydrogens (tertiary/aromatic N) is 2. The second-order valence-corrected chi connectivity index (χ2v) is 5.89. The van der Waals surface area contributed by atoms with Crippen LogP contribution in [0.15, 0.2) is 0 Å². The molecule has 2 fully saturated rings. The molecule has 0 spiro atoms. The Labute approximate surface area is 116 Å². The van der Waals surface area contributed by atoms with Gasteiger partial charge in [-0.05, 0) is 32.2 Å². The van der Waals surface area contributed by atoms with Crippen LogP contribution in [0.3, 0.4) is 0 Å². The molecule has 1 aliphatic heterocycles. The summed E-state index contributed by atoms with van der Waals surface area (Å²) in [4.78, 5) is 14.5. The third-order valence-electron chi connectivity index (χ3n) is 4.37. The summed E-state index contributed by atoms with van der Waals surface area (Å²) in [5.74, 6) is 0.378. The Morgan fingerprint density at radius 3 is 2.74 bits per heavy atom. The number of amides is 1. The van der Waals surface area contributed by atoms with Gasteiger partial charge >= 0.3 is 0 Å². The van der Waals surface area contributed by atoms with E-state index in [0.29, 0.717) is 12.5 Å². The number of rotatable bonds is 4. The molecule has 0 radical (unpaired) electrons. The summed E-state index contributed by atoms with van der Waals surface area (Å²) in [5, 5.41) is 11.9. The van der Waals surface area contributed by atoms with Gasteiger partial charge in [0.05, 0.1) is 12.0 Å². The fourth-order valence-corrected chi connectivity index (χ4v) is 3.25. The Morgan fingerprint density at radius 2 is 2.00 bits per heavy atom. The third kappa shape index (κ3) is 4.50. The Kier molecular flexibility index (Phi) is 5.65. The van der Waals surface area contributed by atoms with Gasteiger partial charge in [0.25, 0.3) is 0 Å². The maximum Gasteiger partial charge on any atom is 0.224 e. The van der Waals surface area contributed by atoms with Gasteiger partial charge in [0.1, 0.15) is 0 Å². The van der Waals surface area contributed by atoms with Crippen LogP contribution in [0.5, 0.6) is 0 Å². The van der Waals surface area contributed by atoms with Crippen LogP contribution in [-0.2, 0) is 4.79 Å². The van der Waals surface area contributed by atoms with Gasteiger partial charge in [0.15, 0.2) is 0 Å². The van der Waals surface area contributed by atoms with E-state index in [-0.39, 0.29) is 11.8 Å². The van der Waals surface area contributed by atoms with Crippen LogP contribution in [0.1, 0.15) is 51.4 Å². The summed E-state index contributed by atoms with van der Waals surface area (Å²) in [6, 6.07) is 2.60. The predicted molar refractivity (Wildman–Crippen MR) is 74.4 cm³/mol. The van der Waals surface area contributed by atoms with Gasteiger partial charge in [-0.2, -0.15) is 5.26 Å². The maximum atomic E-state index is 12.3. The summed E-state index contributed by atoms with van der Waals surface area (Å²) >= 11 is 0. The lowest BCUT2D eigenvalue weighted by atomic mass is 9.93. The quantitative estimate of drug-likeness (QED) is 0.844. The van der Waals surface area contributed by atoms with E-state index in [1.807, 2.05) is 0 Å². The first-order valence-electron chi connectivity index (χ1n) is 7.69. The lowest BCUT2D eigenvalue weighted by Crippen LogP contribution is -2.46. The summed E-state index contributed by atoms with van der Waals surface area (Å²) in [7, 11) is 0. The van der Waals surface area contributed by atoms with Crippen molar-refractivity contribution in [1.82, 2.24) is 10.2 Å². The first-order chi connectivity index (χ1) is 9.29. The fourth-order valence-electron chi connectivity index (χ4n) is 3.25. The molecule has 1 N–H and O–H groups in total. The molecule has 1 saturated heterocycles. The zero-order chi connectivity index (χ0) is 13.5. The van der Waals surface area contributed by atoms with Gasteiger partial charge in [-0.15, -0.1) is 0 Å². The van der Waals surface area contributed by atoms with E-state index in [0.717, 1.165) is 45.3 Å². The average Bonchev–Trinajstić information content (AvgIpc) is 2.46. The number of nitrogens with one attached hydrogen (secondary N) is 1. The Balaban J connectivity index is 1.76. The number of carbonyl (C=O) groups excluding carboxylic acids is 1. The molecule has 106 valence electrons. The molecular weight excluding hydrogens is 238 g/mol. The van der Waals surface area contributed by atoms with Crippen LogP contribution in [0.25, 0.3) is 0 Å². The molecule has 2 rings (SSSR count). The lowest BCUT2D eigenvalue weighted by Gasteiger charge is -2.33. The number of carbonyl (C=O) groups is 1. The molecule has 1 amide bonds. The van der Waals surface area contributed by atoms with E-state index in [1.54, 1.807) is 0 Å². The van der Waals surface area contributed by atoms with E-state index in [1.165, 1.54) is 19.3 Å². The van der Waals surface area contributed by atoms with Crippen molar-refractivity contribution < 1.29 is 4.79 Å². The minimum atomic E-state index is 0.134. The van der Waals surface area contributed by atoms with Crippen LogP contribution in [0.4, 0.5) is 0 Å². The van der Waals surface area contributed by atoms with Crippen LogP contribution in [-0.4, -0.2) is 36.5 Å². The first kappa shape index (κ1) is 14.3. The summed E-state index contributed by atoms with van der Waals surface area (Å²) in [6.45, 7) is 2.68. The smallest absolute Gasteiger partial charge is 0.224 e. The minimum absolute atomic E-state index is 0.134. The topological polar surface area (TPSA) is 56.1 Å². The normalized spacial score (nSPS) is 25.7. The fraction of sp³-hybridized carbons (Fsp3) is 0.867. The standard InChI is InChI=1S/C15H25N3O/c16-9-5-11-18-10-4-6-13(12-18)15(19)17-14-7-2-1-3-8-14/h13-14H,1-8,10-12H2,(H,17,19)/t13-/m0/s1. The van der Waals surface area contributed by atoms with Crippen molar-refractivity contribution in [3.05, 3.63) is 0 Å². The summed E-state index contributed by atoms with van der Waals surface area (Å²) < 4.78 is 0. The van der Waals surface area contributed by atoms with Gasteiger partial charge in [0, 0.05) is 25.6 Å². The Morgan fingerprint density at radius 1 is 1.21 bits per heavy atom. The van der Waals surface area contributed by atoms with E-state index < -0.39 is 0 Å². The highest BCUT2D eigenvalue weighted by atomic mass is 16.2. The highest BCUT2D eigenvalue weighted by Gasteiger charge is 2.27. The second-order valence-electron chi connectivity index (χ2n) is 5.89. The van der Waals surface area contributed by atoms with Crippen LogP contribution >= 0.6 is 0 Å². The molecule has 1 aliphatic carbocycles. The molecule has 1 heterocycles. The third-order valence-corrected chi connectivity index (χ3v) is 4.37. The number of hydrogen-bond donors (Lipinski definition) is 1. The summed E-state index contributed by atoms with van der Waals surface area (Å²) in [6.07, 6.45) is 8.77. The van der Waals surface area contributed by atoms with Gasteiger partial charge < -0.3 is 10.2 Å². The molecule has 4 heteroatoms. The Hall–Kier alpha value is -1.08. The molecule has 0 bridgehead atoms. The van der Waals surface area contributed by atoms with E-state index in [4.69, 9.17) is 5.26 Å². The predicted octanol–water partition coefficient (Wildman–Crippen LogP) is 2.06. The van der Waals surface area contributed by atoms with Crippen molar-refractivity contribution in [1.29, 1.82) is 5.26 Å². The highest BCUT2D eigenvalue weighted by Crippen LogP contribution is 2.20. The zero-order valence-electron chi connectivity index (χ0n) is 11.7. The molecular formula is C15H25N3O. The number of hydrogen-bond acceptors (Lipinski definition) is 3. The second kappa shape index (κ2) is 7.49. The van der Waals surface area contributed by atoms with Crippen molar-refractivity contribution >= 4 is 5.91 Å². The zero-order valence-corrected chi connectivity index (χ0v) is 11.7. The van der Waals surface area contributed by atoms with E-state index in [2.05, 4.69) is 16.3 Å². The Bertz CT molecular complexity index is 331. The SMILES string of the molecule is N#CCCN1CCC[C@H](C(=O)NC2CCCCC2)C1. The van der Waals surface area contributed by atoms with Gasteiger partial charge in [-0.1, -0.05) is 19.3 Å². The largest absolute Gasteiger partial charge is 0.353 e. The number of likely N-dealkylation sites (tertiary alicyclic amines) is 1. The van der Waals surface area contributed by atoms with Crippen molar-refractivity contribution in [2.75, 3.05) is 19.6 Å². The van der Waals surface area contributed by atoms with Crippen LogP contribution in [0, 0.1) is 17.2 Å². The van der Waals surface area contributed by atoms with Crippen LogP contribution in [0.2, 0.25) is 0 Å². The molecule has 1 atom stereocenters. The average molecular weight is 263 g/mol. The van der Waals surface area contributed by atoms with E-state index in [9.17, 15) is 4.79 Å². The maximum absolute atomic E-state index is 12.3. The van der Waals surface area contributed by atoms with Gasteiger partial charge in [-0.25, -0.2) is 0 Å². The first-order valence-corrected chi connectivity index (χ1v) is 7.69.